The average Bonchev–Trinajstić information content (AvgIpc) is 2.98. The predicted octanol–water partition coefficient (Wildman–Crippen LogP) is 2.59. The van der Waals surface area contributed by atoms with E-state index in [0.717, 1.165) is 0 Å². The lowest BCUT2D eigenvalue weighted by atomic mass is 10.1. The van der Waals surface area contributed by atoms with Crippen molar-refractivity contribution in [3.63, 3.8) is 0 Å². The van der Waals surface area contributed by atoms with Gasteiger partial charge in [-0.25, -0.2) is 0 Å². The highest BCUT2D eigenvalue weighted by Crippen LogP contribution is 2.17. The van der Waals surface area contributed by atoms with Gasteiger partial charge in [-0.05, 0) is 53.3 Å². The van der Waals surface area contributed by atoms with E-state index in [2.05, 4.69) is 26.6 Å². The Hall–Kier alpha value is -2.12. The van der Waals surface area contributed by atoms with E-state index in [0.29, 0.717) is 29.0 Å². The molecule has 0 unspecified atom stereocenters. The monoisotopic (exact) mass is 379 g/mol. The molecule has 2 amide bonds. The van der Waals surface area contributed by atoms with Gasteiger partial charge in [0.2, 0.25) is 0 Å². The van der Waals surface area contributed by atoms with Crippen molar-refractivity contribution < 1.29 is 14.0 Å². The van der Waals surface area contributed by atoms with Crippen molar-refractivity contribution in [3.05, 3.63) is 52.4 Å². The third-order valence-electron chi connectivity index (χ3n) is 3.21. The van der Waals surface area contributed by atoms with E-state index in [9.17, 15) is 9.59 Å². The fraction of sp³-hybridized carbons (Fsp3) is 0.250. The lowest BCUT2D eigenvalue weighted by molar-refractivity contribution is 0.0796. The van der Waals surface area contributed by atoms with Gasteiger partial charge in [0.15, 0.2) is 10.4 Å². The molecule has 2 rings (SSSR count). The van der Waals surface area contributed by atoms with Crippen molar-refractivity contribution in [2.75, 3.05) is 32.5 Å². The van der Waals surface area contributed by atoms with Gasteiger partial charge in [0.25, 0.3) is 11.8 Å². The fourth-order valence-corrected chi connectivity index (χ4v) is 2.27. The summed E-state index contributed by atoms with van der Waals surface area (Å²) < 4.78 is 5.68. The summed E-state index contributed by atoms with van der Waals surface area (Å²) in [5.41, 5.74) is 1.05. The van der Waals surface area contributed by atoms with Gasteiger partial charge in [0, 0.05) is 31.4 Å². The smallest absolute Gasteiger partial charge is 0.291 e. The molecule has 0 fully saturated rings. The highest BCUT2D eigenvalue weighted by molar-refractivity contribution is 9.10. The number of anilines is 1. The zero-order chi connectivity index (χ0) is 16.8. The topological polar surface area (TPSA) is 74.6 Å². The van der Waals surface area contributed by atoms with Crippen molar-refractivity contribution >= 4 is 33.4 Å². The van der Waals surface area contributed by atoms with Crippen LogP contribution in [0.5, 0.6) is 0 Å². The Labute approximate surface area is 143 Å². The zero-order valence-corrected chi connectivity index (χ0v) is 14.5. The lowest BCUT2D eigenvalue weighted by Gasteiger charge is -2.17. The van der Waals surface area contributed by atoms with E-state index >= 15 is 0 Å². The van der Waals surface area contributed by atoms with Crippen LogP contribution >= 0.6 is 15.9 Å². The third kappa shape index (κ3) is 4.67. The number of nitrogens with one attached hydrogen (secondary N) is 2. The van der Waals surface area contributed by atoms with Crippen LogP contribution in [-0.2, 0) is 0 Å². The molecule has 6 nitrogen and oxygen atoms in total. The number of hydrogen-bond donors (Lipinski definition) is 2. The van der Waals surface area contributed by atoms with Crippen LogP contribution in [0.15, 0.2) is 45.5 Å². The molecular weight excluding hydrogens is 362 g/mol. The SMILES string of the molecule is CNCCN(C)C(=O)c1cccc(NC(=O)c2ccc(Br)o2)c1. The van der Waals surface area contributed by atoms with Crippen molar-refractivity contribution in [1.82, 2.24) is 10.2 Å². The van der Waals surface area contributed by atoms with Gasteiger partial charge in [0.1, 0.15) is 0 Å². The second-order valence-electron chi connectivity index (χ2n) is 4.97. The number of nitrogens with zero attached hydrogens (tertiary/aromatic N) is 1. The second-order valence-corrected chi connectivity index (χ2v) is 5.75. The average molecular weight is 380 g/mol. The van der Waals surface area contributed by atoms with E-state index in [1.165, 1.54) is 0 Å². The molecular formula is C16H18BrN3O3. The van der Waals surface area contributed by atoms with Crippen molar-refractivity contribution in [2.45, 2.75) is 0 Å². The summed E-state index contributed by atoms with van der Waals surface area (Å²) >= 11 is 3.15. The van der Waals surface area contributed by atoms with Gasteiger partial charge in [-0.1, -0.05) is 6.07 Å². The number of likely N-dealkylation sites (N-methyl/N-ethyl adjacent to an activating group) is 2. The minimum atomic E-state index is -0.371. The van der Waals surface area contributed by atoms with Crippen molar-refractivity contribution in [2.24, 2.45) is 0 Å². The summed E-state index contributed by atoms with van der Waals surface area (Å²) in [5.74, 6) is -0.277. The largest absolute Gasteiger partial charge is 0.444 e. The van der Waals surface area contributed by atoms with Gasteiger partial charge >= 0.3 is 0 Å². The van der Waals surface area contributed by atoms with Crippen LogP contribution in [-0.4, -0.2) is 43.9 Å². The highest BCUT2D eigenvalue weighted by atomic mass is 79.9. The summed E-state index contributed by atoms with van der Waals surface area (Å²) in [7, 11) is 3.58. The zero-order valence-electron chi connectivity index (χ0n) is 12.9. The van der Waals surface area contributed by atoms with Crippen LogP contribution in [0.3, 0.4) is 0 Å². The number of halogens is 1. The van der Waals surface area contributed by atoms with E-state index < -0.39 is 0 Å². The Morgan fingerprint density at radius 2 is 2.04 bits per heavy atom. The van der Waals surface area contributed by atoms with Crippen LogP contribution < -0.4 is 10.6 Å². The summed E-state index contributed by atoms with van der Waals surface area (Å²) in [4.78, 5) is 26.0. The maximum Gasteiger partial charge on any atom is 0.291 e. The molecule has 0 aliphatic heterocycles. The Balaban J connectivity index is 2.07. The number of carbonyl (C=O) groups excluding carboxylic acids is 2. The van der Waals surface area contributed by atoms with Gasteiger partial charge in [0.05, 0.1) is 0 Å². The predicted molar refractivity (Wildman–Crippen MR) is 91.7 cm³/mol. The number of benzene rings is 1. The molecule has 122 valence electrons. The minimum absolute atomic E-state index is 0.0999. The summed E-state index contributed by atoms with van der Waals surface area (Å²) in [5, 5.41) is 5.71. The number of furan rings is 1. The first-order valence-electron chi connectivity index (χ1n) is 7.08. The van der Waals surface area contributed by atoms with E-state index in [1.54, 1.807) is 48.3 Å². The Bertz CT molecular complexity index is 699. The molecule has 0 spiro atoms. The fourth-order valence-electron chi connectivity index (χ4n) is 1.96. The first-order valence-corrected chi connectivity index (χ1v) is 7.87. The normalized spacial score (nSPS) is 10.4. The number of rotatable bonds is 6. The molecule has 1 aromatic carbocycles. The minimum Gasteiger partial charge on any atom is -0.444 e. The molecule has 0 bridgehead atoms. The van der Waals surface area contributed by atoms with Crippen LogP contribution in [0.2, 0.25) is 0 Å². The second kappa shape index (κ2) is 7.94. The molecule has 0 atom stereocenters. The van der Waals surface area contributed by atoms with Crippen LogP contribution in [0.25, 0.3) is 0 Å². The van der Waals surface area contributed by atoms with Gasteiger partial charge in [-0.15, -0.1) is 0 Å². The number of hydrogen-bond acceptors (Lipinski definition) is 4. The molecule has 2 aromatic rings. The maximum atomic E-state index is 12.3. The Morgan fingerprint density at radius 1 is 1.26 bits per heavy atom. The van der Waals surface area contributed by atoms with Crippen molar-refractivity contribution in [3.8, 4) is 0 Å². The van der Waals surface area contributed by atoms with Crippen LogP contribution in [0.4, 0.5) is 5.69 Å². The summed E-state index contributed by atoms with van der Waals surface area (Å²) in [6.07, 6.45) is 0. The molecule has 23 heavy (non-hydrogen) atoms. The van der Waals surface area contributed by atoms with E-state index in [4.69, 9.17) is 4.42 Å². The maximum absolute atomic E-state index is 12.3. The first kappa shape index (κ1) is 17.2. The van der Waals surface area contributed by atoms with E-state index in [1.807, 2.05) is 7.05 Å². The first-order chi connectivity index (χ1) is 11.0. The van der Waals surface area contributed by atoms with Gasteiger partial charge in [-0.3, -0.25) is 9.59 Å². The molecule has 1 heterocycles. The Kier molecular flexibility index (Phi) is 5.95. The van der Waals surface area contributed by atoms with Gasteiger partial charge in [-0.2, -0.15) is 0 Å². The van der Waals surface area contributed by atoms with Crippen molar-refractivity contribution in [1.29, 1.82) is 0 Å². The molecule has 1 aromatic heterocycles. The third-order valence-corrected chi connectivity index (χ3v) is 3.63. The standard InChI is InChI=1S/C16H18BrN3O3/c1-18-8-9-20(2)16(22)11-4-3-5-12(10-11)19-15(21)13-6-7-14(17)23-13/h3-7,10,18H,8-9H2,1-2H3,(H,19,21). The molecule has 0 aliphatic rings. The summed E-state index contributed by atoms with van der Waals surface area (Å²) in [6.45, 7) is 1.32. The summed E-state index contributed by atoms with van der Waals surface area (Å²) in [6, 6.07) is 10.0. The van der Waals surface area contributed by atoms with Crippen LogP contribution in [0, 0.1) is 0 Å². The molecule has 0 saturated heterocycles. The van der Waals surface area contributed by atoms with Gasteiger partial charge < -0.3 is 20.0 Å². The number of carbonyl (C=O) groups is 2. The molecule has 7 heteroatoms. The highest BCUT2D eigenvalue weighted by Gasteiger charge is 2.14. The lowest BCUT2D eigenvalue weighted by Crippen LogP contribution is -2.32. The molecule has 0 saturated carbocycles. The Morgan fingerprint density at radius 3 is 2.70 bits per heavy atom. The molecule has 0 aliphatic carbocycles. The quantitative estimate of drug-likeness (QED) is 0.808. The van der Waals surface area contributed by atoms with Crippen LogP contribution in [0.1, 0.15) is 20.9 Å². The molecule has 0 radical (unpaired) electrons. The van der Waals surface area contributed by atoms with E-state index in [-0.39, 0.29) is 17.6 Å². The molecule has 2 N–H and O–H groups in total. The number of amides is 2.